The van der Waals surface area contributed by atoms with Gasteiger partial charge in [0.1, 0.15) is 0 Å². The smallest absolute Gasteiger partial charge is 0.244 e. The third-order valence-electron chi connectivity index (χ3n) is 1.70. The molecule has 1 aromatic rings. The van der Waals surface area contributed by atoms with Crippen LogP contribution in [0.5, 0.6) is 0 Å². The second-order valence-corrected chi connectivity index (χ2v) is 4.52. The van der Waals surface area contributed by atoms with Gasteiger partial charge in [-0.05, 0) is 0 Å². The maximum atomic E-state index is 11.5. The molecule has 2 N–H and O–H groups in total. The lowest BCUT2D eigenvalue weighted by atomic mass is 10.3. The van der Waals surface area contributed by atoms with E-state index in [9.17, 15) is 4.79 Å². The summed E-state index contributed by atoms with van der Waals surface area (Å²) in [7, 11) is 0. The minimum atomic E-state index is -0.0612. The predicted molar refractivity (Wildman–Crippen MR) is 55.0 cm³/mol. The highest BCUT2D eigenvalue weighted by Gasteiger charge is 2.22. The molecule has 0 bridgehead atoms. The van der Waals surface area contributed by atoms with Gasteiger partial charge in [0.25, 0.3) is 0 Å². The molecule has 1 aliphatic rings. The van der Waals surface area contributed by atoms with Crippen LogP contribution in [0.1, 0.15) is 0 Å². The number of thioether (sulfide) groups is 1. The van der Waals surface area contributed by atoms with Gasteiger partial charge in [0, 0.05) is 23.2 Å². The summed E-state index contributed by atoms with van der Waals surface area (Å²) in [6.07, 6.45) is 1.68. The fraction of sp³-hybridized carbons (Fsp3) is 0.429. The van der Waals surface area contributed by atoms with Crippen LogP contribution in [0.15, 0.2) is 11.6 Å². The first kappa shape index (κ1) is 8.98. The van der Waals surface area contributed by atoms with Crippen molar-refractivity contribution in [2.45, 2.75) is 6.04 Å². The summed E-state index contributed by atoms with van der Waals surface area (Å²) in [6.45, 7) is 0. The van der Waals surface area contributed by atoms with E-state index in [0.717, 1.165) is 11.6 Å². The first-order valence-electron chi connectivity index (χ1n) is 3.88. The van der Waals surface area contributed by atoms with Crippen molar-refractivity contribution in [2.24, 2.45) is 0 Å². The zero-order valence-corrected chi connectivity index (χ0v) is 8.45. The standard InChI is InChI=1S/C7H9N3OS2/c11-6(5-3-12-4-9-5)10-7-8-1-2-13-7/h1-2,5,9H,3-4H2,(H,8,10,11). The summed E-state index contributed by atoms with van der Waals surface area (Å²) in [5, 5.41) is 8.36. The van der Waals surface area contributed by atoms with Crippen molar-refractivity contribution in [3.05, 3.63) is 11.6 Å². The van der Waals surface area contributed by atoms with Crippen LogP contribution in [0.2, 0.25) is 0 Å². The Morgan fingerprint density at radius 1 is 1.77 bits per heavy atom. The molecule has 1 fully saturated rings. The number of nitrogens with zero attached hydrogens (tertiary/aromatic N) is 1. The molecule has 1 saturated heterocycles. The normalized spacial score (nSPS) is 21.7. The van der Waals surface area contributed by atoms with Crippen LogP contribution >= 0.6 is 23.1 Å². The van der Waals surface area contributed by atoms with Gasteiger partial charge in [-0.25, -0.2) is 4.98 Å². The molecule has 70 valence electrons. The van der Waals surface area contributed by atoms with Crippen LogP contribution in [-0.4, -0.2) is 28.6 Å². The Balaban J connectivity index is 1.91. The van der Waals surface area contributed by atoms with Gasteiger partial charge in [-0.2, -0.15) is 0 Å². The van der Waals surface area contributed by atoms with Crippen molar-refractivity contribution in [1.29, 1.82) is 0 Å². The summed E-state index contributed by atoms with van der Waals surface area (Å²) < 4.78 is 0. The number of hydrogen-bond donors (Lipinski definition) is 2. The number of carbonyl (C=O) groups excluding carboxylic acids is 1. The molecule has 0 aliphatic carbocycles. The SMILES string of the molecule is O=C(Nc1nccs1)C1CSCN1. The molecule has 1 unspecified atom stereocenters. The maximum absolute atomic E-state index is 11.5. The Morgan fingerprint density at radius 3 is 3.31 bits per heavy atom. The van der Waals surface area contributed by atoms with Gasteiger partial charge in [-0.1, -0.05) is 0 Å². The lowest BCUT2D eigenvalue weighted by molar-refractivity contribution is -0.117. The van der Waals surface area contributed by atoms with Crippen molar-refractivity contribution >= 4 is 34.1 Å². The van der Waals surface area contributed by atoms with Gasteiger partial charge in [0.15, 0.2) is 5.13 Å². The zero-order valence-electron chi connectivity index (χ0n) is 6.82. The summed E-state index contributed by atoms with van der Waals surface area (Å²) >= 11 is 3.17. The van der Waals surface area contributed by atoms with E-state index in [2.05, 4.69) is 15.6 Å². The van der Waals surface area contributed by atoms with Crippen molar-refractivity contribution in [3.8, 4) is 0 Å². The first-order valence-corrected chi connectivity index (χ1v) is 5.91. The molecule has 1 aliphatic heterocycles. The van der Waals surface area contributed by atoms with Gasteiger partial charge >= 0.3 is 0 Å². The fourth-order valence-corrected chi connectivity index (χ4v) is 2.51. The van der Waals surface area contributed by atoms with E-state index in [0.29, 0.717) is 5.13 Å². The van der Waals surface area contributed by atoms with E-state index < -0.39 is 0 Å². The van der Waals surface area contributed by atoms with Gasteiger partial charge in [-0.15, -0.1) is 23.1 Å². The molecule has 0 saturated carbocycles. The zero-order chi connectivity index (χ0) is 9.10. The molecular weight excluding hydrogens is 206 g/mol. The molecule has 1 aromatic heterocycles. The van der Waals surface area contributed by atoms with Crippen LogP contribution in [0.25, 0.3) is 0 Å². The molecule has 0 spiro atoms. The van der Waals surface area contributed by atoms with Crippen molar-refractivity contribution in [3.63, 3.8) is 0 Å². The summed E-state index contributed by atoms with van der Waals surface area (Å²) in [5.74, 6) is 1.72. The Bertz CT molecular complexity index is 282. The number of hydrogen-bond acceptors (Lipinski definition) is 5. The average Bonchev–Trinajstić information content (AvgIpc) is 2.74. The number of amides is 1. The van der Waals surface area contributed by atoms with Crippen LogP contribution in [0.3, 0.4) is 0 Å². The Hall–Kier alpha value is -0.590. The number of carbonyl (C=O) groups is 1. The van der Waals surface area contributed by atoms with E-state index >= 15 is 0 Å². The highest BCUT2D eigenvalue weighted by atomic mass is 32.2. The lowest BCUT2D eigenvalue weighted by Crippen LogP contribution is -2.37. The Labute approximate surface area is 84.1 Å². The molecule has 1 atom stereocenters. The minimum absolute atomic E-state index is 0.0138. The average molecular weight is 215 g/mol. The minimum Gasteiger partial charge on any atom is -0.301 e. The molecule has 1 amide bonds. The maximum Gasteiger partial charge on any atom is 0.244 e. The van der Waals surface area contributed by atoms with E-state index in [1.807, 2.05) is 5.38 Å². The van der Waals surface area contributed by atoms with Gasteiger partial charge < -0.3 is 5.32 Å². The van der Waals surface area contributed by atoms with Crippen LogP contribution in [0.4, 0.5) is 5.13 Å². The second kappa shape index (κ2) is 4.08. The highest BCUT2D eigenvalue weighted by Crippen LogP contribution is 2.14. The van der Waals surface area contributed by atoms with Crippen LogP contribution < -0.4 is 10.6 Å². The quantitative estimate of drug-likeness (QED) is 0.764. The van der Waals surface area contributed by atoms with E-state index in [1.54, 1.807) is 18.0 Å². The fourth-order valence-electron chi connectivity index (χ4n) is 1.04. The largest absolute Gasteiger partial charge is 0.301 e. The summed E-state index contributed by atoms with van der Waals surface area (Å²) in [4.78, 5) is 15.5. The number of nitrogens with one attached hydrogen (secondary N) is 2. The molecular formula is C7H9N3OS2. The topological polar surface area (TPSA) is 54.0 Å². The van der Waals surface area contributed by atoms with Gasteiger partial charge in [0.2, 0.25) is 5.91 Å². The molecule has 6 heteroatoms. The Kier molecular flexibility index (Phi) is 2.82. The van der Waals surface area contributed by atoms with Crippen molar-refractivity contribution < 1.29 is 4.79 Å². The highest BCUT2D eigenvalue weighted by molar-refractivity contribution is 7.99. The number of aromatic nitrogens is 1. The van der Waals surface area contributed by atoms with Gasteiger partial charge in [-0.3, -0.25) is 10.1 Å². The van der Waals surface area contributed by atoms with E-state index in [4.69, 9.17) is 0 Å². The molecule has 4 nitrogen and oxygen atoms in total. The molecule has 2 rings (SSSR count). The summed E-state index contributed by atoms with van der Waals surface area (Å²) in [6, 6.07) is -0.0612. The summed E-state index contributed by atoms with van der Waals surface area (Å²) in [5.41, 5.74) is 0. The molecule has 2 heterocycles. The van der Waals surface area contributed by atoms with E-state index in [1.165, 1.54) is 11.3 Å². The van der Waals surface area contributed by atoms with E-state index in [-0.39, 0.29) is 11.9 Å². The predicted octanol–water partition coefficient (Wildman–Crippen LogP) is 0.744. The van der Waals surface area contributed by atoms with Gasteiger partial charge in [0.05, 0.1) is 6.04 Å². The second-order valence-electron chi connectivity index (χ2n) is 2.60. The lowest BCUT2D eigenvalue weighted by Gasteiger charge is -2.07. The molecule has 0 aromatic carbocycles. The monoisotopic (exact) mass is 215 g/mol. The first-order chi connectivity index (χ1) is 6.36. The van der Waals surface area contributed by atoms with Crippen molar-refractivity contribution in [2.75, 3.05) is 16.9 Å². The van der Waals surface area contributed by atoms with Crippen LogP contribution in [0, 0.1) is 0 Å². The van der Waals surface area contributed by atoms with Crippen LogP contribution in [-0.2, 0) is 4.79 Å². The molecule has 13 heavy (non-hydrogen) atoms. The Morgan fingerprint density at radius 2 is 2.69 bits per heavy atom. The third-order valence-corrected chi connectivity index (χ3v) is 3.32. The molecule has 0 radical (unpaired) electrons. The third kappa shape index (κ3) is 2.20. The number of rotatable bonds is 2. The number of anilines is 1. The van der Waals surface area contributed by atoms with Crippen molar-refractivity contribution in [1.82, 2.24) is 10.3 Å². The number of thiazole rings is 1.